The van der Waals surface area contributed by atoms with Gasteiger partial charge < -0.3 is 5.73 Å². The van der Waals surface area contributed by atoms with Crippen LogP contribution in [-0.4, -0.2) is 28.8 Å². The Hall–Kier alpha value is -1.42. The van der Waals surface area contributed by atoms with Crippen molar-refractivity contribution in [3.05, 3.63) is 30.1 Å². The van der Waals surface area contributed by atoms with Crippen LogP contribution >= 0.6 is 0 Å². The molecule has 4 heteroatoms. The van der Waals surface area contributed by atoms with Crippen molar-refractivity contribution in [2.45, 2.75) is 19.9 Å². The smallest absolute Gasteiger partial charge is 0.0918 e. The molecule has 15 heavy (non-hydrogen) atoms. The van der Waals surface area contributed by atoms with Gasteiger partial charge in [-0.15, -0.1) is 0 Å². The Labute approximate surface area is 90.6 Å². The Morgan fingerprint density at radius 2 is 2.40 bits per heavy atom. The van der Waals surface area contributed by atoms with Gasteiger partial charge in [-0.25, -0.2) is 0 Å². The summed E-state index contributed by atoms with van der Waals surface area (Å²) in [7, 11) is 0. The van der Waals surface area contributed by atoms with Crippen LogP contribution in [0.25, 0.3) is 0 Å². The molecule has 1 rings (SSSR count). The summed E-state index contributed by atoms with van der Waals surface area (Å²) in [6.45, 7) is 4.77. The molecule has 0 saturated carbocycles. The standard InChI is InChI=1S/C11H18N4/c1-2-15(7-5-11(12)13)9-10-4-3-6-14-8-10/h3-4,6,8H,2,5,7,9H2,1H3,(H3,12,13). The van der Waals surface area contributed by atoms with Gasteiger partial charge in [0, 0.05) is 31.9 Å². The molecule has 0 aromatic carbocycles. The summed E-state index contributed by atoms with van der Waals surface area (Å²) in [5.74, 6) is 0.250. The second-order valence-corrected chi connectivity index (χ2v) is 3.51. The first-order chi connectivity index (χ1) is 7.22. The van der Waals surface area contributed by atoms with Crippen molar-refractivity contribution in [3.8, 4) is 0 Å². The van der Waals surface area contributed by atoms with Crippen molar-refractivity contribution in [1.29, 1.82) is 5.41 Å². The van der Waals surface area contributed by atoms with Crippen LogP contribution in [0, 0.1) is 5.41 Å². The van der Waals surface area contributed by atoms with E-state index in [-0.39, 0.29) is 5.84 Å². The molecule has 0 fully saturated rings. The molecule has 0 unspecified atom stereocenters. The summed E-state index contributed by atoms with van der Waals surface area (Å²) < 4.78 is 0. The van der Waals surface area contributed by atoms with E-state index in [9.17, 15) is 0 Å². The van der Waals surface area contributed by atoms with E-state index < -0.39 is 0 Å². The van der Waals surface area contributed by atoms with Gasteiger partial charge in [0.1, 0.15) is 0 Å². The van der Waals surface area contributed by atoms with E-state index in [1.54, 1.807) is 6.20 Å². The lowest BCUT2D eigenvalue weighted by Gasteiger charge is -2.19. The number of hydrogen-bond acceptors (Lipinski definition) is 3. The average molecular weight is 206 g/mol. The number of rotatable bonds is 6. The third-order valence-corrected chi connectivity index (χ3v) is 2.27. The minimum absolute atomic E-state index is 0.250. The van der Waals surface area contributed by atoms with E-state index in [4.69, 9.17) is 11.1 Å². The van der Waals surface area contributed by atoms with Crippen LogP contribution in [0.4, 0.5) is 0 Å². The second-order valence-electron chi connectivity index (χ2n) is 3.51. The Morgan fingerprint density at radius 3 is 2.93 bits per heavy atom. The highest BCUT2D eigenvalue weighted by atomic mass is 15.1. The lowest BCUT2D eigenvalue weighted by molar-refractivity contribution is 0.288. The normalized spacial score (nSPS) is 10.5. The van der Waals surface area contributed by atoms with Crippen LogP contribution in [-0.2, 0) is 6.54 Å². The highest BCUT2D eigenvalue weighted by molar-refractivity contribution is 5.76. The number of nitrogens with one attached hydrogen (secondary N) is 1. The fourth-order valence-corrected chi connectivity index (χ4v) is 1.38. The van der Waals surface area contributed by atoms with Crippen molar-refractivity contribution in [2.75, 3.05) is 13.1 Å². The zero-order valence-corrected chi connectivity index (χ0v) is 9.11. The molecule has 82 valence electrons. The van der Waals surface area contributed by atoms with E-state index in [0.29, 0.717) is 6.42 Å². The summed E-state index contributed by atoms with van der Waals surface area (Å²) in [6.07, 6.45) is 4.28. The van der Waals surface area contributed by atoms with Crippen molar-refractivity contribution >= 4 is 5.84 Å². The Balaban J connectivity index is 2.43. The number of nitrogens with zero attached hydrogens (tertiary/aromatic N) is 2. The lowest BCUT2D eigenvalue weighted by atomic mass is 10.2. The fourth-order valence-electron chi connectivity index (χ4n) is 1.38. The summed E-state index contributed by atoms with van der Waals surface area (Å²) >= 11 is 0. The van der Waals surface area contributed by atoms with E-state index in [0.717, 1.165) is 19.6 Å². The van der Waals surface area contributed by atoms with E-state index in [2.05, 4.69) is 22.9 Å². The lowest BCUT2D eigenvalue weighted by Crippen LogP contribution is -2.27. The van der Waals surface area contributed by atoms with E-state index in [1.807, 2.05) is 12.3 Å². The summed E-state index contributed by atoms with van der Waals surface area (Å²) in [5.41, 5.74) is 6.53. The molecule has 4 nitrogen and oxygen atoms in total. The maximum Gasteiger partial charge on any atom is 0.0918 e. The van der Waals surface area contributed by atoms with Crippen LogP contribution in [0.3, 0.4) is 0 Å². The second kappa shape index (κ2) is 6.14. The Morgan fingerprint density at radius 1 is 1.60 bits per heavy atom. The highest BCUT2D eigenvalue weighted by Crippen LogP contribution is 2.02. The van der Waals surface area contributed by atoms with Crippen molar-refractivity contribution in [2.24, 2.45) is 5.73 Å². The molecular formula is C11H18N4. The van der Waals surface area contributed by atoms with Gasteiger partial charge in [0.15, 0.2) is 0 Å². The van der Waals surface area contributed by atoms with Crippen LogP contribution in [0.15, 0.2) is 24.5 Å². The predicted octanol–water partition coefficient (Wildman–Crippen LogP) is 1.23. The van der Waals surface area contributed by atoms with Crippen molar-refractivity contribution in [3.63, 3.8) is 0 Å². The molecule has 1 heterocycles. The minimum Gasteiger partial charge on any atom is -0.388 e. The summed E-state index contributed by atoms with van der Waals surface area (Å²) in [5, 5.41) is 7.18. The number of nitrogens with two attached hydrogens (primary N) is 1. The quantitative estimate of drug-likeness (QED) is 0.543. The maximum atomic E-state index is 7.18. The molecule has 0 saturated heterocycles. The van der Waals surface area contributed by atoms with Crippen molar-refractivity contribution < 1.29 is 0 Å². The third-order valence-electron chi connectivity index (χ3n) is 2.27. The molecule has 0 aliphatic rings. The van der Waals surface area contributed by atoms with Crippen LogP contribution in [0.1, 0.15) is 18.9 Å². The van der Waals surface area contributed by atoms with Crippen LogP contribution in [0.2, 0.25) is 0 Å². The van der Waals surface area contributed by atoms with Gasteiger partial charge in [-0.1, -0.05) is 13.0 Å². The van der Waals surface area contributed by atoms with Gasteiger partial charge in [0.2, 0.25) is 0 Å². The highest BCUT2D eigenvalue weighted by Gasteiger charge is 2.03. The molecule has 0 spiro atoms. The Kier molecular flexibility index (Phi) is 4.77. The molecule has 0 aliphatic carbocycles. The van der Waals surface area contributed by atoms with E-state index in [1.165, 1.54) is 5.56 Å². The number of amidine groups is 1. The SMILES string of the molecule is CCN(CCC(=N)N)Cc1cccnc1. The van der Waals surface area contributed by atoms with Gasteiger partial charge in [-0.05, 0) is 18.2 Å². The van der Waals surface area contributed by atoms with E-state index >= 15 is 0 Å². The molecule has 0 amide bonds. The molecule has 3 N–H and O–H groups in total. The average Bonchev–Trinajstić information content (AvgIpc) is 2.25. The van der Waals surface area contributed by atoms with Gasteiger partial charge >= 0.3 is 0 Å². The minimum atomic E-state index is 0.250. The van der Waals surface area contributed by atoms with Gasteiger partial charge in [-0.3, -0.25) is 15.3 Å². The summed E-state index contributed by atoms with van der Waals surface area (Å²) in [6, 6.07) is 4.00. The Bertz CT molecular complexity index is 297. The first-order valence-electron chi connectivity index (χ1n) is 5.16. The topological polar surface area (TPSA) is 66.0 Å². The predicted molar refractivity (Wildman–Crippen MR) is 61.7 cm³/mol. The molecule has 0 aliphatic heterocycles. The molecule has 0 bridgehead atoms. The van der Waals surface area contributed by atoms with Gasteiger partial charge in [-0.2, -0.15) is 0 Å². The van der Waals surface area contributed by atoms with Crippen LogP contribution < -0.4 is 5.73 Å². The zero-order valence-electron chi connectivity index (χ0n) is 9.11. The van der Waals surface area contributed by atoms with Gasteiger partial charge in [0.25, 0.3) is 0 Å². The molecule has 0 radical (unpaired) electrons. The molecule has 1 aromatic rings. The molecular weight excluding hydrogens is 188 g/mol. The first-order valence-corrected chi connectivity index (χ1v) is 5.16. The summed E-state index contributed by atoms with van der Waals surface area (Å²) in [4.78, 5) is 6.32. The number of pyridine rings is 1. The monoisotopic (exact) mass is 206 g/mol. The largest absolute Gasteiger partial charge is 0.388 e. The van der Waals surface area contributed by atoms with Crippen LogP contribution in [0.5, 0.6) is 0 Å². The zero-order chi connectivity index (χ0) is 11.1. The van der Waals surface area contributed by atoms with Gasteiger partial charge in [0.05, 0.1) is 5.84 Å². The maximum absolute atomic E-state index is 7.18. The first kappa shape index (κ1) is 11.7. The van der Waals surface area contributed by atoms with Crippen molar-refractivity contribution in [1.82, 2.24) is 9.88 Å². The third kappa shape index (κ3) is 4.56. The number of hydrogen-bond donors (Lipinski definition) is 2. The molecule has 1 aromatic heterocycles. The molecule has 0 atom stereocenters. The number of aromatic nitrogens is 1. The fraction of sp³-hybridized carbons (Fsp3) is 0.455.